The molecule has 1 heteroatoms. The van der Waals surface area contributed by atoms with E-state index in [0.717, 1.165) is 5.69 Å². The summed E-state index contributed by atoms with van der Waals surface area (Å²) in [5, 5.41) is 0. The first-order valence-electron chi connectivity index (χ1n) is 5.93. The highest BCUT2D eigenvalue weighted by Gasteiger charge is 2.12. The summed E-state index contributed by atoms with van der Waals surface area (Å²) in [6.45, 7) is 6.68. The third kappa shape index (κ3) is 2.68. The van der Waals surface area contributed by atoms with Crippen LogP contribution in [0.3, 0.4) is 0 Å². The van der Waals surface area contributed by atoms with Crippen LogP contribution < -0.4 is 5.73 Å². The van der Waals surface area contributed by atoms with Crippen molar-refractivity contribution in [3.63, 3.8) is 0 Å². The van der Waals surface area contributed by atoms with Crippen LogP contribution >= 0.6 is 0 Å². The average molecular weight is 225 g/mol. The maximum absolute atomic E-state index is 5.69. The molecule has 17 heavy (non-hydrogen) atoms. The molecule has 0 aromatic heterocycles. The Morgan fingerprint density at radius 3 is 1.53 bits per heavy atom. The highest BCUT2D eigenvalue weighted by molar-refractivity contribution is 5.65. The molecule has 88 valence electrons. The van der Waals surface area contributed by atoms with Gasteiger partial charge in [0.15, 0.2) is 0 Å². The van der Waals surface area contributed by atoms with Crippen LogP contribution in [0.15, 0.2) is 48.5 Å². The van der Waals surface area contributed by atoms with Crippen molar-refractivity contribution in [1.29, 1.82) is 0 Å². The second-order valence-corrected chi connectivity index (χ2v) is 5.45. The van der Waals surface area contributed by atoms with Gasteiger partial charge in [-0.25, -0.2) is 0 Å². The zero-order valence-corrected chi connectivity index (χ0v) is 10.7. The molecule has 0 fully saturated rings. The van der Waals surface area contributed by atoms with E-state index in [1.165, 1.54) is 16.7 Å². The van der Waals surface area contributed by atoms with Crippen molar-refractivity contribution >= 4 is 5.69 Å². The monoisotopic (exact) mass is 225 g/mol. The minimum atomic E-state index is 0.208. The molecular formula is C16H19N. The van der Waals surface area contributed by atoms with Crippen molar-refractivity contribution in [3.8, 4) is 11.1 Å². The predicted molar refractivity (Wildman–Crippen MR) is 75.0 cm³/mol. The van der Waals surface area contributed by atoms with Crippen LogP contribution in [-0.2, 0) is 5.41 Å². The summed E-state index contributed by atoms with van der Waals surface area (Å²) in [6.07, 6.45) is 0. The van der Waals surface area contributed by atoms with Crippen LogP contribution in [-0.4, -0.2) is 0 Å². The molecular weight excluding hydrogens is 206 g/mol. The first-order valence-corrected chi connectivity index (χ1v) is 5.93. The number of nitrogen functional groups attached to an aromatic ring is 1. The molecule has 2 N–H and O–H groups in total. The van der Waals surface area contributed by atoms with Gasteiger partial charge in [-0.3, -0.25) is 0 Å². The zero-order chi connectivity index (χ0) is 12.5. The Morgan fingerprint density at radius 2 is 1.12 bits per heavy atom. The van der Waals surface area contributed by atoms with Gasteiger partial charge in [0.05, 0.1) is 0 Å². The fourth-order valence-electron chi connectivity index (χ4n) is 1.84. The van der Waals surface area contributed by atoms with Gasteiger partial charge in [-0.05, 0) is 34.2 Å². The maximum Gasteiger partial charge on any atom is 0.0314 e. The van der Waals surface area contributed by atoms with Gasteiger partial charge >= 0.3 is 0 Å². The Bertz CT molecular complexity index is 487. The SMILES string of the molecule is CC(C)(C)c1ccc(-c2ccc(N)cc2)cc1. The minimum Gasteiger partial charge on any atom is -0.399 e. The van der Waals surface area contributed by atoms with Gasteiger partial charge in [0, 0.05) is 5.69 Å². The van der Waals surface area contributed by atoms with Crippen LogP contribution in [0, 0.1) is 0 Å². The summed E-state index contributed by atoms with van der Waals surface area (Å²) in [6, 6.07) is 16.7. The van der Waals surface area contributed by atoms with E-state index in [9.17, 15) is 0 Å². The van der Waals surface area contributed by atoms with Gasteiger partial charge in [0.1, 0.15) is 0 Å². The van der Waals surface area contributed by atoms with Crippen LogP contribution in [0.2, 0.25) is 0 Å². The van der Waals surface area contributed by atoms with E-state index in [4.69, 9.17) is 5.73 Å². The maximum atomic E-state index is 5.69. The van der Waals surface area contributed by atoms with E-state index in [1.54, 1.807) is 0 Å². The van der Waals surface area contributed by atoms with E-state index in [2.05, 4.69) is 57.2 Å². The Kier molecular flexibility index (Phi) is 2.93. The van der Waals surface area contributed by atoms with E-state index in [-0.39, 0.29) is 5.41 Å². The van der Waals surface area contributed by atoms with Crippen molar-refractivity contribution in [2.45, 2.75) is 26.2 Å². The summed E-state index contributed by atoms with van der Waals surface area (Å²) >= 11 is 0. The molecule has 0 aliphatic heterocycles. The summed E-state index contributed by atoms with van der Waals surface area (Å²) in [5.41, 5.74) is 10.5. The Morgan fingerprint density at radius 1 is 0.706 bits per heavy atom. The third-order valence-corrected chi connectivity index (χ3v) is 2.99. The molecule has 0 aliphatic carbocycles. The van der Waals surface area contributed by atoms with Crippen molar-refractivity contribution in [1.82, 2.24) is 0 Å². The molecule has 0 amide bonds. The number of hydrogen-bond acceptors (Lipinski definition) is 1. The summed E-state index contributed by atoms with van der Waals surface area (Å²) in [5.74, 6) is 0. The van der Waals surface area contributed by atoms with Crippen molar-refractivity contribution in [2.75, 3.05) is 5.73 Å². The van der Waals surface area contributed by atoms with Crippen LogP contribution in [0.5, 0.6) is 0 Å². The smallest absolute Gasteiger partial charge is 0.0314 e. The van der Waals surface area contributed by atoms with Gasteiger partial charge in [0.2, 0.25) is 0 Å². The summed E-state index contributed by atoms with van der Waals surface area (Å²) < 4.78 is 0. The van der Waals surface area contributed by atoms with Crippen molar-refractivity contribution in [2.24, 2.45) is 0 Å². The molecule has 2 aromatic rings. The Labute approximate surface area is 103 Å². The molecule has 0 saturated carbocycles. The molecule has 0 atom stereocenters. The molecule has 0 heterocycles. The topological polar surface area (TPSA) is 26.0 Å². The van der Waals surface area contributed by atoms with Crippen molar-refractivity contribution < 1.29 is 0 Å². The number of benzene rings is 2. The average Bonchev–Trinajstić information content (AvgIpc) is 2.29. The lowest BCUT2D eigenvalue weighted by molar-refractivity contribution is 0.590. The molecule has 0 spiro atoms. The Hall–Kier alpha value is -1.76. The van der Waals surface area contributed by atoms with Gasteiger partial charge in [0.25, 0.3) is 0 Å². The number of hydrogen-bond donors (Lipinski definition) is 1. The largest absolute Gasteiger partial charge is 0.399 e. The molecule has 0 saturated heterocycles. The van der Waals surface area contributed by atoms with E-state index < -0.39 is 0 Å². The lowest BCUT2D eigenvalue weighted by Gasteiger charge is -2.19. The lowest BCUT2D eigenvalue weighted by atomic mass is 9.86. The minimum absolute atomic E-state index is 0.208. The molecule has 1 nitrogen and oxygen atoms in total. The van der Waals surface area contributed by atoms with Gasteiger partial charge in [-0.2, -0.15) is 0 Å². The summed E-state index contributed by atoms with van der Waals surface area (Å²) in [7, 11) is 0. The predicted octanol–water partition coefficient (Wildman–Crippen LogP) is 4.23. The fourth-order valence-corrected chi connectivity index (χ4v) is 1.84. The first-order chi connectivity index (χ1) is 7.97. The first kappa shape index (κ1) is 11.7. The van der Waals surface area contributed by atoms with Gasteiger partial charge < -0.3 is 5.73 Å². The number of rotatable bonds is 1. The third-order valence-electron chi connectivity index (χ3n) is 2.99. The van der Waals surface area contributed by atoms with Gasteiger partial charge in [-0.15, -0.1) is 0 Å². The quantitative estimate of drug-likeness (QED) is 0.722. The zero-order valence-electron chi connectivity index (χ0n) is 10.7. The number of anilines is 1. The highest BCUT2D eigenvalue weighted by Crippen LogP contribution is 2.26. The molecule has 0 aliphatic rings. The summed E-state index contributed by atoms with van der Waals surface area (Å²) in [4.78, 5) is 0. The standard InChI is InChI=1S/C16H19N/c1-16(2,3)14-8-4-12(5-9-14)13-6-10-15(17)11-7-13/h4-11H,17H2,1-3H3. The molecule has 0 bridgehead atoms. The van der Waals surface area contributed by atoms with Crippen molar-refractivity contribution in [3.05, 3.63) is 54.1 Å². The molecule has 0 radical (unpaired) electrons. The van der Waals surface area contributed by atoms with Crippen LogP contribution in [0.25, 0.3) is 11.1 Å². The van der Waals surface area contributed by atoms with Crippen LogP contribution in [0.1, 0.15) is 26.3 Å². The molecule has 2 rings (SSSR count). The highest BCUT2D eigenvalue weighted by atomic mass is 14.5. The molecule has 2 aromatic carbocycles. The van der Waals surface area contributed by atoms with Gasteiger partial charge in [-0.1, -0.05) is 57.2 Å². The van der Waals surface area contributed by atoms with E-state index in [0.29, 0.717) is 0 Å². The van der Waals surface area contributed by atoms with E-state index in [1.807, 2.05) is 12.1 Å². The second-order valence-electron chi connectivity index (χ2n) is 5.45. The molecule has 0 unspecified atom stereocenters. The Balaban J connectivity index is 2.33. The second kappa shape index (κ2) is 4.25. The lowest BCUT2D eigenvalue weighted by Crippen LogP contribution is -2.10. The van der Waals surface area contributed by atoms with E-state index >= 15 is 0 Å². The fraction of sp³-hybridized carbons (Fsp3) is 0.250. The van der Waals surface area contributed by atoms with Crippen LogP contribution in [0.4, 0.5) is 5.69 Å². The normalized spacial score (nSPS) is 11.5. The number of nitrogens with two attached hydrogens (primary N) is 1.